The number of benzene rings is 1. The number of halogens is 1. The highest BCUT2D eigenvalue weighted by molar-refractivity contribution is 5.88. The van der Waals surface area contributed by atoms with Crippen molar-refractivity contribution >= 4 is 18.2 Å². The number of nitrogens with zero attached hydrogens (tertiary/aromatic N) is 2. The minimum absolute atomic E-state index is 0.285. The molecular formula is C21H21FN2O. The zero-order valence-corrected chi connectivity index (χ0v) is 14.3. The SMILES string of the molecule is CCN(C=O)Cc1ccc(C2=CC=NC3=CC=CCC=C3C2)cc1F. The fourth-order valence-corrected chi connectivity index (χ4v) is 2.94. The Hall–Kier alpha value is -2.75. The summed E-state index contributed by atoms with van der Waals surface area (Å²) < 4.78 is 14.5. The third-order valence-electron chi connectivity index (χ3n) is 4.44. The van der Waals surface area contributed by atoms with E-state index in [9.17, 15) is 9.18 Å². The van der Waals surface area contributed by atoms with Crippen LogP contribution in [0.15, 0.2) is 64.8 Å². The number of fused-ring (bicyclic) bond motifs is 1. The number of aliphatic imine (C=N–C) groups is 1. The van der Waals surface area contributed by atoms with E-state index in [1.165, 1.54) is 4.90 Å². The van der Waals surface area contributed by atoms with E-state index < -0.39 is 0 Å². The van der Waals surface area contributed by atoms with Gasteiger partial charge >= 0.3 is 0 Å². The van der Waals surface area contributed by atoms with E-state index in [0.717, 1.165) is 41.7 Å². The largest absolute Gasteiger partial charge is 0.341 e. The Bertz CT molecular complexity index is 815. The average molecular weight is 336 g/mol. The van der Waals surface area contributed by atoms with E-state index in [2.05, 4.69) is 17.1 Å². The number of amides is 1. The molecule has 0 atom stereocenters. The summed E-state index contributed by atoms with van der Waals surface area (Å²) in [5, 5.41) is 0. The van der Waals surface area contributed by atoms with Crippen molar-refractivity contribution in [1.29, 1.82) is 0 Å². The molecule has 3 rings (SSSR count). The number of carbonyl (C=O) groups is 1. The molecule has 0 spiro atoms. The second-order valence-corrected chi connectivity index (χ2v) is 6.07. The highest BCUT2D eigenvalue weighted by Crippen LogP contribution is 2.31. The van der Waals surface area contributed by atoms with Crippen molar-refractivity contribution in [1.82, 2.24) is 4.90 Å². The van der Waals surface area contributed by atoms with E-state index in [1.54, 1.807) is 18.3 Å². The number of hydrogen-bond acceptors (Lipinski definition) is 2. The highest BCUT2D eigenvalue weighted by atomic mass is 19.1. The summed E-state index contributed by atoms with van der Waals surface area (Å²) in [4.78, 5) is 17.0. The molecule has 0 bridgehead atoms. The second kappa shape index (κ2) is 7.88. The van der Waals surface area contributed by atoms with Crippen LogP contribution < -0.4 is 0 Å². The van der Waals surface area contributed by atoms with E-state index in [0.29, 0.717) is 12.1 Å². The molecule has 2 aliphatic rings. The van der Waals surface area contributed by atoms with Gasteiger partial charge in [0.25, 0.3) is 0 Å². The molecule has 1 aromatic rings. The summed E-state index contributed by atoms with van der Waals surface area (Å²) in [6.45, 7) is 2.72. The van der Waals surface area contributed by atoms with Gasteiger partial charge in [0, 0.05) is 24.9 Å². The monoisotopic (exact) mass is 336 g/mol. The fraction of sp³-hybridized carbons (Fsp3) is 0.238. The number of allylic oxidation sites excluding steroid dienone is 7. The first-order chi connectivity index (χ1) is 12.2. The summed E-state index contributed by atoms with van der Waals surface area (Å²) in [6.07, 6.45) is 14.4. The van der Waals surface area contributed by atoms with Crippen molar-refractivity contribution in [2.24, 2.45) is 4.99 Å². The Labute approximate surface area is 147 Å². The van der Waals surface area contributed by atoms with Crippen LogP contribution in [-0.4, -0.2) is 24.1 Å². The van der Waals surface area contributed by atoms with Gasteiger partial charge in [-0.05, 0) is 54.7 Å². The summed E-state index contributed by atoms with van der Waals surface area (Å²) in [7, 11) is 0. The van der Waals surface area contributed by atoms with Crippen LogP contribution in [0.4, 0.5) is 4.39 Å². The van der Waals surface area contributed by atoms with Crippen LogP contribution in [0.2, 0.25) is 0 Å². The number of hydrogen-bond donors (Lipinski definition) is 0. The van der Waals surface area contributed by atoms with Gasteiger partial charge in [-0.25, -0.2) is 4.39 Å². The van der Waals surface area contributed by atoms with E-state index in [4.69, 9.17) is 0 Å². The molecule has 0 N–H and O–H groups in total. The molecule has 1 amide bonds. The number of carbonyl (C=O) groups excluding carboxylic acids is 1. The van der Waals surface area contributed by atoms with Gasteiger partial charge in [-0.3, -0.25) is 9.79 Å². The molecule has 1 aliphatic heterocycles. The van der Waals surface area contributed by atoms with Crippen molar-refractivity contribution in [3.63, 3.8) is 0 Å². The molecule has 4 heteroatoms. The molecule has 0 fully saturated rings. The molecule has 1 heterocycles. The van der Waals surface area contributed by atoms with Gasteiger partial charge in [0.1, 0.15) is 5.82 Å². The van der Waals surface area contributed by atoms with Crippen molar-refractivity contribution in [3.05, 3.63) is 76.8 Å². The van der Waals surface area contributed by atoms with Gasteiger partial charge < -0.3 is 4.90 Å². The third-order valence-corrected chi connectivity index (χ3v) is 4.44. The average Bonchev–Trinajstić information content (AvgIpc) is 2.96. The van der Waals surface area contributed by atoms with Gasteiger partial charge in [0.05, 0.1) is 5.70 Å². The lowest BCUT2D eigenvalue weighted by molar-refractivity contribution is -0.118. The van der Waals surface area contributed by atoms with Crippen LogP contribution in [0.25, 0.3) is 5.57 Å². The fourth-order valence-electron chi connectivity index (χ4n) is 2.94. The maximum Gasteiger partial charge on any atom is 0.209 e. The van der Waals surface area contributed by atoms with Gasteiger partial charge in [0.2, 0.25) is 6.41 Å². The lowest BCUT2D eigenvalue weighted by atomic mass is 9.95. The molecule has 0 saturated carbocycles. The molecule has 25 heavy (non-hydrogen) atoms. The zero-order valence-electron chi connectivity index (χ0n) is 14.3. The Kier molecular flexibility index (Phi) is 5.39. The third kappa shape index (κ3) is 4.02. The smallest absolute Gasteiger partial charge is 0.209 e. The molecule has 1 aromatic carbocycles. The summed E-state index contributed by atoms with van der Waals surface area (Å²) in [6, 6.07) is 5.23. The van der Waals surface area contributed by atoms with E-state index >= 15 is 0 Å². The van der Waals surface area contributed by atoms with Crippen molar-refractivity contribution in [2.75, 3.05) is 6.54 Å². The van der Waals surface area contributed by atoms with Gasteiger partial charge in [0.15, 0.2) is 0 Å². The lowest BCUT2D eigenvalue weighted by Gasteiger charge is -2.16. The van der Waals surface area contributed by atoms with Crippen LogP contribution in [0.3, 0.4) is 0 Å². The maximum atomic E-state index is 14.5. The van der Waals surface area contributed by atoms with E-state index in [-0.39, 0.29) is 12.4 Å². The standard InChI is InChI=1S/C21H21FN2O/c1-2-24(15-25)14-19-9-8-16(13-20(19)22)17-10-11-23-21-7-5-3-4-6-18(21)12-17/h3,5-11,13,15H,2,4,12,14H2,1H3. The summed E-state index contributed by atoms with van der Waals surface area (Å²) in [5.41, 5.74) is 4.53. The highest BCUT2D eigenvalue weighted by Gasteiger charge is 2.14. The zero-order chi connectivity index (χ0) is 17.6. The van der Waals surface area contributed by atoms with Crippen LogP contribution in [0.5, 0.6) is 0 Å². The topological polar surface area (TPSA) is 32.7 Å². The Morgan fingerprint density at radius 3 is 2.92 bits per heavy atom. The first-order valence-electron chi connectivity index (χ1n) is 8.49. The van der Waals surface area contributed by atoms with Crippen LogP contribution in [0, 0.1) is 5.82 Å². The quantitative estimate of drug-likeness (QED) is 0.732. The molecule has 128 valence electrons. The van der Waals surface area contributed by atoms with Crippen molar-refractivity contribution in [3.8, 4) is 0 Å². The van der Waals surface area contributed by atoms with Crippen LogP contribution in [-0.2, 0) is 11.3 Å². The molecule has 0 radical (unpaired) electrons. The normalized spacial score (nSPS) is 16.2. The van der Waals surface area contributed by atoms with Gasteiger partial charge in [-0.15, -0.1) is 0 Å². The predicted molar refractivity (Wildman–Crippen MR) is 99.6 cm³/mol. The minimum Gasteiger partial charge on any atom is -0.341 e. The number of rotatable bonds is 5. The van der Waals surface area contributed by atoms with Crippen LogP contribution in [0.1, 0.15) is 30.9 Å². The van der Waals surface area contributed by atoms with Gasteiger partial charge in [-0.1, -0.05) is 30.4 Å². The first-order valence-corrected chi connectivity index (χ1v) is 8.49. The molecular weight excluding hydrogens is 315 g/mol. The van der Waals surface area contributed by atoms with Gasteiger partial charge in [-0.2, -0.15) is 0 Å². The maximum absolute atomic E-state index is 14.5. The first kappa shape index (κ1) is 17.1. The predicted octanol–water partition coefficient (Wildman–Crippen LogP) is 4.43. The van der Waals surface area contributed by atoms with Crippen molar-refractivity contribution < 1.29 is 9.18 Å². The lowest BCUT2D eigenvalue weighted by Crippen LogP contribution is -2.21. The molecule has 0 saturated heterocycles. The Balaban J connectivity index is 1.84. The van der Waals surface area contributed by atoms with E-state index in [1.807, 2.05) is 31.2 Å². The molecule has 0 aromatic heterocycles. The Morgan fingerprint density at radius 2 is 2.16 bits per heavy atom. The summed E-state index contributed by atoms with van der Waals surface area (Å²) >= 11 is 0. The Morgan fingerprint density at radius 1 is 1.28 bits per heavy atom. The van der Waals surface area contributed by atoms with Crippen molar-refractivity contribution in [2.45, 2.75) is 26.3 Å². The minimum atomic E-state index is -0.285. The summed E-state index contributed by atoms with van der Waals surface area (Å²) in [5.74, 6) is -0.285. The molecule has 0 unspecified atom stereocenters. The molecule has 3 nitrogen and oxygen atoms in total. The van der Waals surface area contributed by atoms with Crippen LogP contribution >= 0.6 is 0 Å². The second-order valence-electron chi connectivity index (χ2n) is 6.07. The molecule has 1 aliphatic carbocycles.